The Balaban J connectivity index is 2.11. The van der Waals surface area contributed by atoms with E-state index in [-0.39, 0.29) is 17.1 Å². The number of aliphatic hydroxyl groups is 2. The summed E-state index contributed by atoms with van der Waals surface area (Å²) in [5.74, 6) is 0.701. The number of ether oxygens (including phenoxy) is 1. The number of anilines is 1. The smallest absolute Gasteiger partial charge is 0.245 e. The molecule has 4 atom stereocenters. The third kappa shape index (κ3) is 1.83. The largest absolute Gasteiger partial charge is 0.392 e. The number of nitrogens with zero attached hydrogens (tertiary/aromatic N) is 4. The summed E-state index contributed by atoms with van der Waals surface area (Å²) < 4.78 is 34.3. The van der Waals surface area contributed by atoms with Gasteiger partial charge in [0, 0.05) is 0 Å². The number of nitrogen functional groups attached to an aromatic ring is 1. The molecule has 1 fully saturated rings. The van der Waals surface area contributed by atoms with E-state index in [1.54, 1.807) is 0 Å². The van der Waals surface area contributed by atoms with Gasteiger partial charge in [-0.3, -0.25) is 4.57 Å². The van der Waals surface area contributed by atoms with Crippen molar-refractivity contribution in [2.45, 2.75) is 24.1 Å². The van der Waals surface area contributed by atoms with Crippen LogP contribution < -0.4 is 5.73 Å². The van der Waals surface area contributed by atoms with E-state index in [4.69, 9.17) is 16.9 Å². The minimum Gasteiger partial charge on any atom is -0.392 e. The lowest BCUT2D eigenvalue weighted by molar-refractivity contribution is -0.0900. The van der Waals surface area contributed by atoms with Crippen LogP contribution in [0.5, 0.6) is 0 Å². The molecule has 10 heteroatoms. The van der Waals surface area contributed by atoms with Crippen LogP contribution in [0.4, 0.5) is 14.7 Å². The molecule has 0 bridgehead atoms. The van der Waals surface area contributed by atoms with Gasteiger partial charge in [-0.1, -0.05) is 5.92 Å². The highest BCUT2D eigenvalue weighted by molar-refractivity contribution is 5.71. The second-order valence-corrected chi connectivity index (χ2v) is 4.79. The zero-order valence-corrected chi connectivity index (χ0v) is 11.0. The maximum atomic E-state index is 14.3. The topological polar surface area (TPSA) is 119 Å². The minimum absolute atomic E-state index is 0.115. The first-order valence-corrected chi connectivity index (χ1v) is 6.17. The van der Waals surface area contributed by atoms with Gasteiger partial charge in [0.05, 0.1) is 12.9 Å². The summed E-state index contributed by atoms with van der Waals surface area (Å²) in [6, 6.07) is 0. The zero-order valence-electron chi connectivity index (χ0n) is 11.0. The molecular formula is C12H11F2N5O3. The number of aromatic nitrogens is 4. The van der Waals surface area contributed by atoms with Crippen molar-refractivity contribution in [2.24, 2.45) is 0 Å². The summed E-state index contributed by atoms with van der Waals surface area (Å²) in [5, 5.41) is 19.2. The van der Waals surface area contributed by atoms with Gasteiger partial charge < -0.3 is 20.7 Å². The summed E-state index contributed by atoms with van der Waals surface area (Å²) in [4.78, 5) is 10.8. The lowest BCUT2D eigenvalue weighted by Crippen LogP contribution is -2.44. The van der Waals surface area contributed by atoms with Gasteiger partial charge >= 0.3 is 0 Å². The van der Waals surface area contributed by atoms with Crippen LogP contribution in [0, 0.1) is 18.3 Å². The van der Waals surface area contributed by atoms with Gasteiger partial charge in [-0.2, -0.15) is 14.4 Å². The lowest BCUT2D eigenvalue weighted by atomic mass is 9.98. The van der Waals surface area contributed by atoms with Crippen LogP contribution in [-0.4, -0.2) is 54.2 Å². The second-order valence-electron chi connectivity index (χ2n) is 4.79. The van der Waals surface area contributed by atoms with Crippen LogP contribution >= 0.6 is 0 Å². The van der Waals surface area contributed by atoms with Gasteiger partial charge in [0.15, 0.2) is 29.2 Å². The van der Waals surface area contributed by atoms with Crippen molar-refractivity contribution in [3.8, 4) is 12.3 Å². The molecule has 0 amide bonds. The summed E-state index contributed by atoms with van der Waals surface area (Å²) >= 11 is 0. The molecule has 0 aromatic carbocycles. The van der Waals surface area contributed by atoms with Gasteiger partial charge in [0.2, 0.25) is 11.9 Å². The van der Waals surface area contributed by atoms with Crippen molar-refractivity contribution in [3.63, 3.8) is 0 Å². The molecular weight excluding hydrogens is 300 g/mol. The monoisotopic (exact) mass is 311 g/mol. The van der Waals surface area contributed by atoms with Gasteiger partial charge in [0.25, 0.3) is 0 Å². The standard InChI is InChI=1S/C12H11F2N5O3/c1-2-12(3-20)7(21)5(13)10(22-12)19-4-16-6-8(14)17-11(15)18-9(6)19/h1,4-5,7,10,20-21H,3H2,(H2,15,17,18). The summed E-state index contributed by atoms with van der Waals surface area (Å²) in [6.45, 7) is -0.792. The molecule has 1 saturated heterocycles. The number of hydrogen-bond acceptors (Lipinski definition) is 7. The van der Waals surface area contributed by atoms with Gasteiger partial charge in [-0.25, -0.2) is 9.37 Å². The average molecular weight is 311 g/mol. The molecule has 0 aliphatic carbocycles. The van der Waals surface area contributed by atoms with Crippen LogP contribution in [0.2, 0.25) is 0 Å². The van der Waals surface area contributed by atoms with Crippen molar-refractivity contribution < 1.29 is 23.7 Å². The van der Waals surface area contributed by atoms with E-state index in [9.17, 15) is 19.0 Å². The third-order valence-electron chi connectivity index (χ3n) is 3.53. The molecule has 3 heterocycles. The lowest BCUT2D eigenvalue weighted by Gasteiger charge is -2.23. The molecule has 1 aliphatic heterocycles. The van der Waals surface area contributed by atoms with Gasteiger partial charge in [-0.15, -0.1) is 6.42 Å². The predicted molar refractivity (Wildman–Crippen MR) is 69.4 cm³/mol. The Morgan fingerprint density at radius 1 is 1.55 bits per heavy atom. The maximum Gasteiger partial charge on any atom is 0.245 e. The molecule has 8 nitrogen and oxygen atoms in total. The molecule has 4 unspecified atom stereocenters. The normalized spacial score (nSPS) is 31.5. The van der Waals surface area contributed by atoms with Crippen molar-refractivity contribution in [2.75, 3.05) is 12.3 Å². The number of imidazole rings is 1. The number of alkyl halides is 1. The first kappa shape index (κ1) is 14.6. The Labute approximate surface area is 122 Å². The fourth-order valence-electron chi connectivity index (χ4n) is 2.35. The number of terminal acetylenes is 1. The molecule has 0 radical (unpaired) electrons. The summed E-state index contributed by atoms with van der Waals surface area (Å²) in [7, 11) is 0. The van der Waals surface area contributed by atoms with E-state index in [1.165, 1.54) is 0 Å². The van der Waals surface area contributed by atoms with Crippen LogP contribution in [0.15, 0.2) is 6.33 Å². The Morgan fingerprint density at radius 3 is 2.86 bits per heavy atom. The summed E-state index contributed by atoms with van der Waals surface area (Å²) in [6.07, 6.45) is 1.08. The molecule has 1 aliphatic rings. The first-order valence-electron chi connectivity index (χ1n) is 6.17. The molecule has 2 aromatic heterocycles. The Morgan fingerprint density at radius 2 is 2.27 bits per heavy atom. The van der Waals surface area contributed by atoms with E-state index in [0.29, 0.717) is 0 Å². The zero-order chi connectivity index (χ0) is 16.1. The molecule has 3 rings (SSSR count). The van der Waals surface area contributed by atoms with Crippen LogP contribution in [0.25, 0.3) is 11.2 Å². The molecule has 116 valence electrons. The number of hydrogen-bond donors (Lipinski definition) is 3. The molecule has 2 aromatic rings. The molecule has 4 N–H and O–H groups in total. The highest BCUT2D eigenvalue weighted by atomic mass is 19.1. The minimum atomic E-state index is -1.99. The van der Waals surface area contributed by atoms with E-state index in [0.717, 1.165) is 10.9 Å². The average Bonchev–Trinajstić information content (AvgIpc) is 3.01. The van der Waals surface area contributed by atoms with E-state index >= 15 is 0 Å². The van der Waals surface area contributed by atoms with E-state index in [1.807, 2.05) is 5.92 Å². The SMILES string of the molecule is C#CC1(CO)OC(n2cnc3c(F)nc(N)nc32)C(F)C1O. The highest BCUT2D eigenvalue weighted by Crippen LogP contribution is 2.39. The Bertz CT molecular complexity index is 776. The van der Waals surface area contributed by atoms with Crippen LogP contribution in [-0.2, 0) is 4.74 Å². The van der Waals surface area contributed by atoms with Crippen molar-refractivity contribution in [1.29, 1.82) is 0 Å². The number of rotatable bonds is 2. The van der Waals surface area contributed by atoms with Crippen molar-refractivity contribution in [1.82, 2.24) is 19.5 Å². The number of fused-ring (bicyclic) bond motifs is 1. The maximum absolute atomic E-state index is 14.3. The number of aliphatic hydroxyl groups excluding tert-OH is 2. The number of halogens is 2. The fourth-order valence-corrected chi connectivity index (χ4v) is 2.35. The van der Waals surface area contributed by atoms with Crippen molar-refractivity contribution >= 4 is 17.1 Å². The summed E-state index contributed by atoms with van der Waals surface area (Å²) in [5.41, 5.74) is 3.10. The van der Waals surface area contributed by atoms with Gasteiger partial charge in [0.1, 0.15) is 6.10 Å². The first-order chi connectivity index (χ1) is 10.4. The second kappa shape index (κ2) is 4.84. The van der Waals surface area contributed by atoms with Gasteiger partial charge in [-0.05, 0) is 0 Å². The van der Waals surface area contributed by atoms with E-state index < -0.39 is 36.7 Å². The highest BCUT2D eigenvalue weighted by Gasteiger charge is 2.55. The van der Waals surface area contributed by atoms with Crippen LogP contribution in [0.3, 0.4) is 0 Å². The fraction of sp³-hybridized carbons (Fsp3) is 0.417. The third-order valence-corrected chi connectivity index (χ3v) is 3.53. The molecule has 0 saturated carbocycles. The Kier molecular flexibility index (Phi) is 3.21. The van der Waals surface area contributed by atoms with Crippen LogP contribution in [0.1, 0.15) is 6.23 Å². The molecule has 0 spiro atoms. The molecule has 22 heavy (non-hydrogen) atoms. The number of nitrogens with two attached hydrogens (primary N) is 1. The Hall–Kier alpha value is -2.35. The van der Waals surface area contributed by atoms with E-state index in [2.05, 4.69) is 15.0 Å². The quantitative estimate of drug-likeness (QED) is 0.487. The predicted octanol–water partition coefficient (Wildman–Crippen LogP) is -0.860. The van der Waals surface area contributed by atoms with Crippen molar-refractivity contribution in [3.05, 3.63) is 12.3 Å².